The first-order valence-electron chi connectivity index (χ1n) is 7.67. The van der Waals surface area contributed by atoms with Crippen LogP contribution in [0.2, 0.25) is 10.0 Å². The second-order valence-electron chi connectivity index (χ2n) is 5.09. The average molecular weight is 411 g/mol. The summed E-state index contributed by atoms with van der Waals surface area (Å²) in [6, 6.07) is 11.5. The van der Waals surface area contributed by atoms with Crippen molar-refractivity contribution >= 4 is 41.3 Å². The van der Waals surface area contributed by atoms with Crippen molar-refractivity contribution in [2.24, 2.45) is 5.10 Å². The van der Waals surface area contributed by atoms with Crippen LogP contribution >= 0.6 is 23.2 Å². The first kappa shape index (κ1) is 20.5. The molecule has 2 aromatic rings. The lowest BCUT2D eigenvalue weighted by atomic mass is 10.2. The lowest BCUT2D eigenvalue weighted by Crippen LogP contribution is -2.24. The monoisotopic (exact) mass is 410 g/mol. The molecular formula is C18H16Cl2N2O5. The molecule has 9 heteroatoms. The fourth-order valence-electron chi connectivity index (χ4n) is 1.80. The summed E-state index contributed by atoms with van der Waals surface area (Å²) in [4.78, 5) is 22.7. The first-order valence-corrected chi connectivity index (χ1v) is 8.43. The molecule has 0 aliphatic carbocycles. The number of ether oxygens (including phenoxy) is 3. The number of nitrogens with zero attached hydrogens (tertiary/aromatic N) is 1. The van der Waals surface area contributed by atoms with Gasteiger partial charge in [-0.05, 0) is 48.0 Å². The van der Waals surface area contributed by atoms with Gasteiger partial charge < -0.3 is 14.2 Å². The van der Waals surface area contributed by atoms with Crippen LogP contribution in [0.3, 0.4) is 0 Å². The maximum Gasteiger partial charge on any atom is 0.343 e. The van der Waals surface area contributed by atoms with Crippen molar-refractivity contribution in [3.63, 3.8) is 0 Å². The number of carbonyl (C=O) groups is 2. The fraction of sp³-hybridized carbons (Fsp3) is 0.167. The van der Waals surface area contributed by atoms with Gasteiger partial charge in [0.05, 0.1) is 18.3 Å². The molecular weight excluding hydrogens is 395 g/mol. The number of methoxy groups -OCH3 is 1. The molecule has 0 aliphatic heterocycles. The number of benzene rings is 2. The van der Waals surface area contributed by atoms with E-state index in [1.54, 1.807) is 36.4 Å². The van der Waals surface area contributed by atoms with E-state index in [4.69, 9.17) is 32.7 Å². The number of hydrogen-bond acceptors (Lipinski definition) is 6. The van der Waals surface area contributed by atoms with Crippen LogP contribution in [-0.4, -0.2) is 38.4 Å². The van der Waals surface area contributed by atoms with Crippen molar-refractivity contribution in [1.82, 2.24) is 5.43 Å². The van der Waals surface area contributed by atoms with Gasteiger partial charge in [-0.3, -0.25) is 4.79 Å². The SMILES string of the molecule is COC(=O)COc1ccc(/C=N/NC(=O)COc2ccc(Cl)cc2Cl)cc1. The maximum atomic E-state index is 11.7. The molecule has 142 valence electrons. The quantitative estimate of drug-likeness (QED) is 0.410. The summed E-state index contributed by atoms with van der Waals surface area (Å²) >= 11 is 11.7. The van der Waals surface area contributed by atoms with E-state index < -0.39 is 11.9 Å². The van der Waals surface area contributed by atoms with E-state index in [0.717, 1.165) is 5.56 Å². The van der Waals surface area contributed by atoms with Crippen molar-refractivity contribution in [2.45, 2.75) is 0 Å². The van der Waals surface area contributed by atoms with Crippen LogP contribution in [0.4, 0.5) is 0 Å². The van der Waals surface area contributed by atoms with Crippen LogP contribution in [-0.2, 0) is 14.3 Å². The molecule has 0 fully saturated rings. The van der Waals surface area contributed by atoms with Crippen LogP contribution in [0, 0.1) is 0 Å². The topological polar surface area (TPSA) is 86.2 Å². The zero-order valence-corrected chi connectivity index (χ0v) is 15.8. The van der Waals surface area contributed by atoms with Gasteiger partial charge in [-0.2, -0.15) is 5.10 Å². The third-order valence-electron chi connectivity index (χ3n) is 3.12. The standard InChI is InChI=1S/C18H16Cl2N2O5/c1-25-18(24)11-26-14-5-2-12(3-6-14)9-21-22-17(23)10-27-16-7-4-13(19)8-15(16)20/h2-9H,10-11H2,1H3,(H,22,23)/b21-9+. The zero-order chi connectivity index (χ0) is 19.6. The fourth-order valence-corrected chi connectivity index (χ4v) is 2.26. The third-order valence-corrected chi connectivity index (χ3v) is 3.65. The number of carbonyl (C=O) groups excluding carboxylic acids is 2. The van der Waals surface area contributed by atoms with Gasteiger partial charge in [0, 0.05) is 5.02 Å². The number of hydrogen-bond donors (Lipinski definition) is 1. The highest BCUT2D eigenvalue weighted by Crippen LogP contribution is 2.27. The predicted octanol–water partition coefficient (Wildman–Crippen LogP) is 3.07. The lowest BCUT2D eigenvalue weighted by molar-refractivity contribution is -0.142. The smallest absolute Gasteiger partial charge is 0.343 e. The Balaban J connectivity index is 1.77. The Morgan fingerprint density at radius 2 is 1.81 bits per heavy atom. The molecule has 0 saturated heterocycles. The number of amides is 1. The summed E-state index contributed by atoms with van der Waals surface area (Å²) in [6.07, 6.45) is 1.46. The van der Waals surface area contributed by atoms with Gasteiger partial charge in [-0.15, -0.1) is 0 Å². The van der Waals surface area contributed by atoms with Crippen molar-refractivity contribution in [2.75, 3.05) is 20.3 Å². The van der Waals surface area contributed by atoms with E-state index in [2.05, 4.69) is 15.3 Å². The van der Waals surface area contributed by atoms with Gasteiger partial charge in [0.15, 0.2) is 13.2 Å². The third kappa shape index (κ3) is 7.16. The van der Waals surface area contributed by atoms with Crippen LogP contribution in [0.15, 0.2) is 47.6 Å². The molecule has 1 amide bonds. The molecule has 0 bridgehead atoms. The largest absolute Gasteiger partial charge is 0.482 e. The molecule has 2 aromatic carbocycles. The highest BCUT2D eigenvalue weighted by Gasteiger charge is 2.06. The Labute approximate surface area is 165 Å². The van der Waals surface area contributed by atoms with Crippen molar-refractivity contribution in [3.05, 3.63) is 58.1 Å². The zero-order valence-electron chi connectivity index (χ0n) is 14.3. The summed E-state index contributed by atoms with van der Waals surface area (Å²) in [7, 11) is 1.29. The highest BCUT2D eigenvalue weighted by molar-refractivity contribution is 6.35. The van der Waals surface area contributed by atoms with Gasteiger partial charge >= 0.3 is 5.97 Å². The van der Waals surface area contributed by atoms with Crippen LogP contribution < -0.4 is 14.9 Å². The normalized spacial score (nSPS) is 10.5. The minimum atomic E-state index is -0.467. The van der Waals surface area contributed by atoms with Gasteiger partial charge in [-0.25, -0.2) is 10.2 Å². The number of halogens is 2. The molecule has 0 aromatic heterocycles. The summed E-state index contributed by atoms with van der Waals surface area (Å²) < 4.78 is 15.0. The molecule has 0 atom stereocenters. The van der Waals surface area contributed by atoms with Crippen molar-refractivity contribution in [3.8, 4) is 11.5 Å². The van der Waals surface area contributed by atoms with Crippen LogP contribution in [0.25, 0.3) is 0 Å². The van der Waals surface area contributed by atoms with Gasteiger partial charge in [0.1, 0.15) is 11.5 Å². The second kappa shape index (κ2) is 10.4. The molecule has 2 rings (SSSR count). The van der Waals surface area contributed by atoms with E-state index in [0.29, 0.717) is 21.5 Å². The summed E-state index contributed by atoms with van der Waals surface area (Å²) in [5, 5.41) is 4.62. The molecule has 1 N–H and O–H groups in total. The molecule has 27 heavy (non-hydrogen) atoms. The molecule has 0 heterocycles. The molecule has 0 unspecified atom stereocenters. The summed E-state index contributed by atoms with van der Waals surface area (Å²) in [6.45, 7) is -0.420. The molecule has 0 radical (unpaired) electrons. The number of rotatable bonds is 8. The Hall–Kier alpha value is -2.77. The van der Waals surface area contributed by atoms with Gasteiger partial charge in [-0.1, -0.05) is 23.2 Å². The van der Waals surface area contributed by atoms with Crippen molar-refractivity contribution in [1.29, 1.82) is 0 Å². The van der Waals surface area contributed by atoms with Crippen LogP contribution in [0.5, 0.6) is 11.5 Å². The van der Waals surface area contributed by atoms with Gasteiger partial charge in [0.2, 0.25) is 0 Å². The summed E-state index contributed by atoms with van der Waals surface area (Å²) in [5.74, 6) is -0.0571. The average Bonchev–Trinajstić information content (AvgIpc) is 2.66. The number of hydrazone groups is 1. The number of esters is 1. The number of nitrogens with one attached hydrogen (secondary N) is 1. The molecule has 0 saturated carbocycles. The Morgan fingerprint density at radius 3 is 2.48 bits per heavy atom. The highest BCUT2D eigenvalue weighted by atomic mass is 35.5. The lowest BCUT2D eigenvalue weighted by Gasteiger charge is -2.07. The maximum absolute atomic E-state index is 11.7. The van der Waals surface area contributed by atoms with E-state index in [-0.39, 0.29) is 13.2 Å². The predicted molar refractivity (Wildman–Crippen MR) is 102 cm³/mol. The Kier molecular flexibility index (Phi) is 7.91. The second-order valence-corrected chi connectivity index (χ2v) is 5.93. The van der Waals surface area contributed by atoms with E-state index in [1.165, 1.54) is 19.4 Å². The molecule has 7 nitrogen and oxygen atoms in total. The molecule has 0 spiro atoms. The minimum absolute atomic E-state index is 0.169. The van der Waals surface area contributed by atoms with Gasteiger partial charge in [0.25, 0.3) is 5.91 Å². The van der Waals surface area contributed by atoms with Crippen molar-refractivity contribution < 1.29 is 23.8 Å². The summed E-state index contributed by atoms with van der Waals surface area (Å²) in [5.41, 5.74) is 3.06. The minimum Gasteiger partial charge on any atom is -0.482 e. The van der Waals surface area contributed by atoms with E-state index in [9.17, 15) is 9.59 Å². The Morgan fingerprint density at radius 1 is 1.07 bits per heavy atom. The van der Waals surface area contributed by atoms with Crippen LogP contribution in [0.1, 0.15) is 5.56 Å². The first-order chi connectivity index (χ1) is 13.0. The van der Waals surface area contributed by atoms with E-state index >= 15 is 0 Å². The Bertz CT molecular complexity index is 825. The van der Waals surface area contributed by atoms with E-state index in [1.807, 2.05) is 0 Å². The molecule has 0 aliphatic rings.